The van der Waals surface area contributed by atoms with Crippen LogP contribution in [0.3, 0.4) is 0 Å². The van der Waals surface area contributed by atoms with Crippen molar-refractivity contribution in [2.24, 2.45) is 0 Å². The number of carbonyl (C=O) groups is 2. The summed E-state index contributed by atoms with van der Waals surface area (Å²) in [6, 6.07) is 8.44. The summed E-state index contributed by atoms with van der Waals surface area (Å²) in [7, 11) is 1.50. The van der Waals surface area contributed by atoms with Crippen LogP contribution in [0.2, 0.25) is 5.02 Å². The van der Waals surface area contributed by atoms with E-state index in [1.165, 1.54) is 29.3 Å². The summed E-state index contributed by atoms with van der Waals surface area (Å²) in [5, 5.41) is 5.25. The average Bonchev–Trinajstić information content (AvgIpc) is 3.10. The molecule has 2 aromatic heterocycles. The molecule has 0 aliphatic heterocycles. The van der Waals surface area contributed by atoms with Crippen molar-refractivity contribution in [1.82, 2.24) is 20.2 Å². The maximum Gasteiger partial charge on any atom is 0.321 e. The molecule has 0 atom stereocenters. The molecule has 0 saturated carbocycles. The first-order chi connectivity index (χ1) is 13.5. The number of hydrogen-bond acceptors (Lipinski definition) is 6. The van der Waals surface area contributed by atoms with Gasteiger partial charge in [0.05, 0.1) is 18.5 Å². The molecule has 0 spiro atoms. The molecule has 28 heavy (non-hydrogen) atoms. The highest BCUT2D eigenvalue weighted by atomic mass is 35.5. The Balaban J connectivity index is 1.75. The predicted octanol–water partition coefficient (Wildman–Crippen LogP) is 2.25. The lowest BCUT2D eigenvalue weighted by Gasteiger charge is -2.07. The van der Waals surface area contributed by atoms with Crippen LogP contribution in [0.1, 0.15) is 0 Å². The Morgan fingerprint density at radius 2 is 2.04 bits per heavy atom. The minimum Gasteiger partial charge on any atom is -0.383 e. The van der Waals surface area contributed by atoms with E-state index in [9.17, 15) is 14.4 Å². The van der Waals surface area contributed by atoms with Crippen molar-refractivity contribution in [3.05, 3.63) is 52.0 Å². The van der Waals surface area contributed by atoms with E-state index < -0.39 is 11.9 Å². The number of imide groups is 1. The maximum atomic E-state index is 12.7. The fourth-order valence-corrected chi connectivity index (χ4v) is 3.64. The van der Waals surface area contributed by atoms with E-state index >= 15 is 0 Å². The van der Waals surface area contributed by atoms with Crippen LogP contribution in [-0.4, -0.2) is 41.8 Å². The number of nitrogens with one attached hydrogen (secondary N) is 2. The molecule has 0 bridgehead atoms. The standard InChI is InChI=1S/C18H17ClN4O4S/c1-27-7-6-20-18(26)22-15(24)9-23-10-21-13-8-14(28-16(13)17(23)25)11-2-4-12(19)5-3-11/h2-5,8,10H,6-7,9H2,1H3,(H2,20,22,24,26). The van der Waals surface area contributed by atoms with Crippen LogP contribution in [0.5, 0.6) is 0 Å². The van der Waals surface area contributed by atoms with Gasteiger partial charge in [-0.05, 0) is 23.8 Å². The van der Waals surface area contributed by atoms with Crippen molar-refractivity contribution < 1.29 is 14.3 Å². The van der Waals surface area contributed by atoms with Crippen molar-refractivity contribution in [3.63, 3.8) is 0 Å². The Hall–Kier alpha value is -2.75. The Kier molecular flexibility index (Phi) is 6.40. The van der Waals surface area contributed by atoms with Gasteiger partial charge in [-0.2, -0.15) is 0 Å². The van der Waals surface area contributed by atoms with Gasteiger partial charge in [0.25, 0.3) is 5.56 Å². The van der Waals surface area contributed by atoms with Crippen molar-refractivity contribution in [2.45, 2.75) is 6.54 Å². The van der Waals surface area contributed by atoms with Crippen LogP contribution in [0, 0.1) is 0 Å². The molecular weight excluding hydrogens is 404 g/mol. The van der Waals surface area contributed by atoms with Crippen molar-refractivity contribution in [1.29, 1.82) is 0 Å². The van der Waals surface area contributed by atoms with Crippen molar-refractivity contribution >= 4 is 45.1 Å². The number of urea groups is 1. The van der Waals surface area contributed by atoms with Crippen LogP contribution >= 0.6 is 22.9 Å². The Bertz CT molecular complexity index is 1060. The maximum absolute atomic E-state index is 12.7. The molecule has 2 N–H and O–H groups in total. The third-order valence-corrected chi connectivity index (χ3v) is 5.20. The zero-order chi connectivity index (χ0) is 20.1. The second kappa shape index (κ2) is 8.96. The van der Waals surface area contributed by atoms with E-state index in [1.54, 1.807) is 12.1 Å². The lowest BCUT2D eigenvalue weighted by molar-refractivity contribution is -0.120. The summed E-state index contributed by atoms with van der Waals surface area (Å²) in [5.74, 6) is -0.618. The second-order valence-electron chi connectivity index (χ2n) is 5.81. The summed E-state index contributed by atoms with van der Waals surface area (Å²) >= 11 is 7.20. The molecule has 0 radical (unpaired) electrons. The van der Waals surface area contributed by atoms with Crippen LogP contribution in [0.25, 0.3) is 20.7 Å². The van der Waals surface area contributed by atoms with Crippen LogP contribution in [-0.2, 0) is 16.1 Å². The number of carbonyl (C=O) groups excluding carboxylic acids is 2. The van der Waals surface area contributed by atoms with Gasteiger partial charge in [-0.3, -0.25) is 19.5 Å². The van der Waals surface area contributed by atoms with E-state index in [4.69, 9.17) is 16.3 Å². The van der Waals surface area contributed by atoms with Gasteiger partial charge < -0.3 is 10.1 Å². The average molecular weight is 421 g/mol. The van der Waals surface area contributed by atoms with Gasteiger partial charge in [-0.15, -0.1) is 11.3 Å². The third kappa shape index (κ3) is 4.75. The first kappa shape index (κ1) is 20.0. The predicted molar refractivity (Wildman–Crippen MR) is 108 cm³/mol. The molecule has 146 valence electrons. The van der Waals surface area contributed by atoms with E-state index in [2.05, 4.69) is 15.6 Å². The second-order valence-corrected chi connectivity index (χ2v) is 7.30. The topological polar surface area (TPSA) is 102 Å². The molecule has 10 heteroatoms. The number of ether oxygens (including phenoxy) is 1. The number of methoxy groups -OCH3 is 1. The molecule has 0 aliphatic rings. The molecule has 0 fully saturated rings. The van der Waals surface area contributed by atoms with Gasteiger partial charge in [0.2, 0.25) is 5.91 Å². The summed E-state index contributed by atoms with van der Waals surface area (Å²) in [6.07, 6.45) is 1.30. The molecule has 8 nitrogen and oxygen atoms in total. The first-order valence-electron chi connectivity index (χ1n) is 8.29. The minimum absolute atomic E-state index is 0.270. The lowest BCUT2D eigenvalue weighted by atomic mass is 10.2. The number of hydrogen-bond donors (Lipinski definition) is 2. The highest BCUT2D eigenvalue weighted by molar-refractivity contribution is 7.22. The molecule has 0 saturated heterocycles. The Morgan fingerprint density at radius 3 is 2.75 bits per heavy atom. The zero-order valence-corrected chi connectivity index (χ0v) is 16.5. The highest BCUT2D eigenvalue weighted by Gasteiger charge is 2.14. The van der Waals surface area contributed by atoms with Crippen molar-refractivity contribution in [2.75, 3.05) is 20.3 Å². The smallest absolute Gasteiger partial charge is 0.321 e. The molecule has 3 rings (SSSR count). The van der Waals surface area contributed by atoms with E-state index in [-0.39, 0.29) is 18.6 Å². The third-order valence-electron chi connectivity index (χ3n) is 3.79. The number of thiophene rings is 1. The van der Waals surface area contributed by atoms with Gasteiger partial charge in [0.15, 0.2) is 0 Å². The Labute approximate surface area is 169 Å². The quantitative estimate of drug-likeness (QED) is 0.595. The number of rotatable bonds is 6. The summed E-state index contributed by atoms with van der Waals surface area (Å²) in [5.41, 5.74) is 1.13. The molecule has 1 aromatic carbocycles. The molecule has 0 aliphatic carbocycles. The van der Waals surface area contributed by atoms with E-state index in [0.717, 1.165) is 10.4 Å². The fourth-order valence-electron chi connectivity index (χ4n) is 2.45. The number of amides is 3. The van der Waals surface area contributed by atoms with Crippen LogP contribution in [0.4, 0.5) is 4.79 Å². The largest absolute Gasteiger partial charge is 0.383 e. The van der Waals surface area contributed by atoms with Gasteiger partial charge >= 0.3 is 6.03 Å². The summed E-state index contributed by atoms with van der Waals surface area (Å²) in [6.45, 7) is 0.287. The molecule has 3 aromatic rings. The number of aromatic nitrogens is 2. The molecule has 0 unspecified atom stereocenters. The monoisotopic (exact) mass is 420 g/mol. The van der Waals surface area contributed by atoms with E-state index in [1.807, 2.05) is 18.2 Å². The minimum atomic E-state index is -0.648. The normalized spacial score (nSPS) is 10.8. The summed E-state index contributed by atoms with van der Waals surface area (Å²) in [4.78, 5) is 41.4. The van der Waals surface area contributed by atoms with Crippen LogP contribution < -0.4 is 16.2 Å². The van der Waals surface area contributed by atoms with Gasteiger partial charge in [-0.1, -0.05) is 23.7 Å². The number of fused-ring (bicyclic) bond motifs is 1. The van der Waals surface area contributed by atoms with E-state index in [0.29, 0.717) is 21.8 Å². The van der Waals surface area contributed by atoms with Crippen LogP contribution in [0.15, 0.2) is 41.5 Å². The Morgan fingerprint density at radius 1 is 1.29 bits per heavy atom. The summed E-state index contributed by atoms with van der Waals surface area (Å²) < 4.78 is 6.41. The highest BCUT2D eigenvalue weighted by Crippen LogP contribution is 2.31. The molecule has 2 heterocycles. The van der Waals surface area contributed by atoms with Crippen molar-refractivity contribution in [3.8, 4) is 10.4 Å². The number of halogens is 1. The SMILES string of the molecule is COCCNC(=O)NC(=O)Cn1cnc2cc(-c3ccc(Cl)cc3)sc2c1=O. The number of benzene rings is 1. The molecular formula is C18H17ClN4O4S. The zero-order valence-electron chi connectivity index (χ0n) is 14.9. The number of nitrogens with zero attached hydrogens (tertiary/aromatic N) is 2. The first-order valence-corrected chi connectivity index (χ1v) is 9.49. The van der Waals surface area contributed by atoms with Gasteiger partial charge in [0, 0.05) is 23.6 Å². The van der Waals surface area contributed by atoms with Gasteiger partial charge in [-0.25, -0.2) is 9.78 Å². The molecule has 3 amide bonds. The lowest BCUT2D eigenvalue weighted by Crippen LogP contribution is -2.43. The fraction of sp³-hybridized carbons (Fsp3) is 0.222. The van der Waals surface area contributed by atoms with Gasteiger partial charge in [0.1, 0.15) is 11.2 Å².